The zero-order valence-corrected chi connectivity index (χ0v) is 22.1. The minimum absolute atomic E-state index is 0.0103. The molecule has 4 rings (SSSR count). The average molecular weight is 550 g/mol. The molecule has 2 aromatic heterocycles. The van der Waals surface area contributed by atoms with E-state index in [-0.39, 0.29) is 31.7 Å². The van der Waals surface area contributed by atoms with Crippen LogP contribution in [0.2, 0.25) is 0 Å². The number of aliphatic carboxylic acids is 2. The summed E-state index contributed by atoms with van der Waals surface area (Å²) in [4.78, 5) is 44.8. The summed E-state index contributed by atoms with van der Waals surface area (Å²) in [5.41, 5.74) is 3.68. The van der Waals surface area contributed by atoms with Gasteiger partial charge in [0.05, 0.1) is 12.3 Å². The molecule has 2 aromatic carbocycles. The first-order valence-corrected chi connectivity index (χ1v) is 13.8. The van der Waals surface area contributed by atoms with Crippen LogP contribution < -0.4 is 5.32 Å². The summed E-state index contributed by atoms with van der Waals surface area (Å²) < 4.78 is 0. The lowest BCUT2D eigenvalue weighted by molar-refractivity contribution is -0.142. The van der Waals surface area contributed by atoms with Crippen LogP contribution in [0.3, 0.4) is 0 Å². The second-order valence-corrected chi connectivity index (χ2v) is 10.7. The Kier molecular flexibility index (Phi) is 9.34. The number of thiazole rings is 2. The SMILES string of the molecule is O=C(O)CCNC(=O)[C@@H](Cc1ccc(-c2nccs2)cc1)C[C@@H](Cc1ccc(-c2nccs2)cc1)C(=O)O. The van der Waals surface area contributed by atoms with Crippen molar-refractivity contribution in [2.45, 2.75) is 25.7 Å². The minimum atomic E-state index is -1.01. The van der Waals surface area contributed by atoms with Crippen LogP contribution in [0.25, 0.3) is 21.1 Å². The molecule has 1 amide bonds. The number of rotatable bonds is 13. The van der Waals surface area contributed by atoms with Gasteiger partial charge in [0.25, 0.3) is 0 Å². The minimum Gasteiger partial charge on any atom is -0.481 e. The van der Waals surface area contributed by atoms with Crippen LogP contribution in [0.1, 0.15) is 24.0 Å². The van der Waals surface area contributed by atoms with Crippen LogP contribution in [0.15, 0.2) is 71.7 Å². The fourth-order valence-electron chi connectivity index (χ4n) is 4.20. The van der Waals surface area contributed by atoms with Crippen LogP contribution in [0.5, 0.6) is 0 Å². The normalized spacial score (nSPS) is 12.5. The van der Waals surface area contributed by atoms with Crippen LogP contribution in [-0.4, -0.2) is 44.6 Å². The van der Waals surface area contributed by atoms with Crippen molar-refractivity contribution in [2.24, 2.45) is 11.8 Å². The summed E-state index contributed by atoms with van der Waals surface area (Å²) in [5, 5.41) is 27.2. The average Bonchev–Trinajstić information content (AvgIpc) is 3.63. The van der Waals surface area contributed by atoms with Crippen molar-refractivity contribution in [2.75, 3.05) is 6.54 Å². The van der Waals surface area contributed by atoms with E-state index in [0.29, 0.717) is 6.42 Å². The van der Waals surface area contributed by atoms with Gasteiger partial charge in [-0.15, -0.1) is 22.7 Å². The lowest BCUT2D eigenvalue weighted by atomic mass is 9.85. The Bertz CT molecular complexity index is 1340. The summed E-state index contributed by atoms with van der Waals surface area (Å²) in [7, 11) is 0. The smallest absolute Gasteiger partial charge is 0.306 e. The van der Waals surface area contributed by atoms with E-state index in [4.69, 9.17) is 5.11 Å². The molecule has 8 nitrogen and oxygen atoms in total. The van der Waals surface area contributed by atoms with Gasteiger partial charge >= 0.3 is 11.9 Å². The molecule has 0 spiro atoms. The van der Waals surface area contributed by atoms with Gasteiger partial charge in [0.2, 0.25) is 5.91 Å². The number of amides is 1. The van der Waals surface area contributed by atoms with E-state index in [0.717, 1.165) is 32.3 Å². The number of hydrogen-bond acceptors (Lipinski definition) is 7. The van der Waals surface area contributed by atoms with E-state index < -0.39 is 23.8 Å². The molecule has 0 saturated carbocycles. The molecule has 3 N–H and O–H groups in total. The molecular weight excluding hydrogens is 522 g/mol. The highest BCUT2D eigenvalue weighted by Crippen LogP contribution is 2.27. The molecule has 196 valence electrons. The van der Waals surface area contributed by atoms with E-state index in [9.17, 15) is 19.5 Å². The molecule has 2 heterocycles. The maximum Gasteiger partial charge on any atom is 0.306 e. The Hall–Kier alpha value is -3.89. The summed E-state index contributed by atoms with van der Waals surface area (Å²) in [6, 6.07) is 15.3. The lowest BCUT2D eigenvalue weighted by Crippen LogP contribution is -2.36. The molecule has 0 bridgehead atoms. The molecule has 0 radical (unpaired) electrons. The van der Waals surface area contributed by atoms with Crippen LogP contribution in [-0.2, 0) is 27.2 Å². The second-order valence-electron chi connectivity index (χ2n) is 8.88. The van der Waals surface area contributed by atoms with Gasteiger partial charge < -0.3 is 15.5 Å². The van der Waals surface area contributed by atoms with Gasteiger partial charge in [-0.3, -0.25) is 14.4 Å². The van der Waals surface area contributed by atoms with E-state index in [1.54, 1.807) is 12.4 Å². The molecule has 10 heteroatoms. The Labute approximate surface area is 228 Å². The zero-order valence-electron chi connectivity index (χ0n) is 20.4. The monoisotopic (exact) mass is 549 g/mol. The number of nitrogens with zero attached hydrogens (tertiary/aromatic N) is 2. The maximum atomic E-state index is 13.1. The molecule has 0 aliphatic heterocycles. The second kappa shape index (κ2) is 13.1. The van der Waals surface area contributed by atoms with Gasteiger partial charge in [-0.2, -0.15) is 0 Å². The number of carboxylic acids is 2. The molecule has 0 fully saturated rings. The van der Waals surface area contributed by atoms with E-state index >= 15 is 0 Å². The van der Waals surface area contributed by atoms with Crippen LogP contribution in [0.4, 0.5) is 0 Å². The standard InChI is InChI=1S/C28H27N3O5S2/c32-24(33)9-10-29-25(34)22(15-18-1-5-20(6-2-18)26-30-11-13-37-26)17-23(28(35)36)16-19-3-7-21(8-4-19)27-31-12-14-38-27/h1-8,11-14,22-23H,9-10,15-17H2,(H,29,34)(H,32,33)(H,35,36)/t22-,23+/m0/s1. The van der Waals surface area contributed by atoms with Crippen molar-refractivity contribution in [3.8, 4) is 21.1 Å². The first-order valence-electron chi connectivity index (χ1n) is 12.1. The first kappa shape index (κ1) is 27.2. The first-order chi connectivity index (χ1) is 18.4. The van der Waals surface area contributed by atoms with Crippen LogP contribution >= 0.6 is 22.7 Å². The van der Waals surface area contributed by atoms with Crippen molar-refractivity contribution in [1.29, 1.82) is 0 Å². The van der Waals surface area contributed by atoms with Crippen molar-refractivity contribution in [3.63, 3.8) is 0 Å². The molecule has 4 aromatic rings. The predicted octanol–water partition coefficient (Wildman–Crippen LogP) is 5.02. The Morgan fingerprint density at radius 1 is 0.763 bits per heavy atom. The summed E-state index contributed by atoms with van der Waals surface area (Å²) in [5.74, 6) is -3.75. The van der Waals surface area contributed by atoms with Gasteiger partial charge in [0.1, 0.15) is 10.0 Å². The summed E-state index contributed by atoms with van der Waals surface area (Å²) in [6.07, 6.45) is 4.01. The fourth-order valence-corrected chi connectivity index (χ4v) is 5.49. The number of carboxylic acid groups (broad SMARTS) is 2. The Balaban J connectivity index is 1.48. The van der Waals surface area contributed by atoms with Gasteiger partial charge in [-0.25, -0.2) is 9.97 Å². The number of carbonyl (C=O) groups is 3. The highest BCUT2D eigenvalue weighted by atomic mass is 32.1. The van der Waals surface area contributed by atoms with Gasteiger partial charge in [0.15, 0.2) is 0 Å². The zero-order chi connectivity index (χ0) is 26.9. The molecule has 0 aliphatic rings. The largest absolute Gasteiger partial charge is 0.481 e. The summed E-state index contributed by atoms with van der Waals surface area (Å²) in [6.45, 7) is -0.0103. The molecule has 0 aliphatic carbocycles. The van der Waals surface area contributed by atoms with Crippen molar-refractivity contribution in [1.82, 2.24) is 15.3 Å². The topological polar surface area (TPSA) is 129 Å². The maximum absolute atomic E-state index is 13.1. The number of benzene rings is 2. The van der Waals surface area contributed by atoms with E-state index in [1.807, 2.05) is 59.3 Å². The van der Waals surface area contributed by atoms with Gasteiger partial charge in [-0.05, 0) is 30.4 Å². The number of hydrogen-bond donors (Lipinski definition) is 3. The molecular formula is C28H27N3O5S2. The van der Waals surface area contributed by atoms with Crippen molar-refractivity contribution < 1.29 is 24.6 Å². The highest BCUT2D eigenvalue weighted by Gasteiger charge is 2.28. The van der Waals surface area contributed by atoms with Gasteiger partial charge in [0, 0.05) is 46.7 Å². The molecule has 0 unspecified atom stereocenters. The third-order valence-corrected chi connectivity index (χ3v) is 7.80. The molecule has 38 heavy (non-hydrogen) atoms. The number of carbonyl (C=O) groups excluding carboxylic acids is 1. The molecule has 2 atom stereocenters. The number of aromatic nitrogens is 2. The van der Waals surface area contributed by atoms with Gasteiger partial charge in [-0.1, -0.05) is 48.5 Å². The van der Waals surface area contributed by atoms with E-state index in [1.165, 1.54) is 22.7 Å². The Morgan fingerprint density at radius 2 is 1.26 bits per heavy atom. The lowest BCUT2D eigenvalue weighted by Gasteiger charge is -2.21. The Morgan fingerprint density at radius 3 is 1.68 bits per heavy atom. The third-order valence-electron chi connectivity index (χ3n) is 6.16. The predicted molar refractivity (Wildman–Crippen MR) is 147 cm³/mol. The van der Waals surface area contributed by atoms with Crippen molar-refractivity contribution >= 4 is 40.5 Å². The van der Waals surface area contributed by atoms with Crippen molar-refractivity contribution in [3.05, 3.63) is 82.8 Å². The highest BCUT2D eigenvalue weighted by molar-refractivity contribution is 7.13. The summed E-state index contributed by atoms with van der Waals surface area (Å²) >= 11 is 3.07. The quantitative estimate of drug-likeness (QED) is 0.214. The third kappa shape index (κ3) is 7.56. The van der Waals surface area contributed by atoms with Crippen LogP contribution in [0, 0.1) is 11.8 Å². The fraction of sp³-hybridized carbons (Fsp3) is 0.250. The molecule has 0 saturated heterocycles. The number of nitrogens with one attached hydrogen (secondary N) is 1. The van der Waals surface area contributed by atoms with E-state index in [2.05, 4.69) is 15.3 Å².